The van der Waals surface area contributed by atoms with E-state index in [-0.39, 0.29) is 37.6 Å². The number of carbonyl (C=O) groups is 3. The van der Waals surface area contributed by atoms with Crippen LogP contribution in [-0.4, -0.2) is 58.3 Å². The normalized spacial score (nSPS) is 17.2. The van der Waals surface area contributed by atoms with Crippen LogP contribution in [0.5, 0.6) is 11.5 Å². The maximum atomic E-state index is 12.7. The smallest absolute Gasteiger partial charge is 0.271 e. The largest absolute Gasteiger partial charge is 0.454 e. The van der Waals surface area contributed by atoms with Gasteiger partial charge in [-0.3, -0.25) is 19.1 Å². The van der Waals surface area contributed by atoms with E-state index in [1.165, 1.54) is 0 Å². The lowest BCUT2D eigenvalue weighted by atomic mass is 10.1. The van der Waals surface area contributed by atoms with Crippen molar-refractivity contribution in [2.75, 3.05) is 19.9 Å². The zero-order valence-electron chi connectivity index (χ0n) is 17.5. The third-order valence-electron chi connectivity index (χ3n) is 5.48. The molecular formula is C21H25N5O5. The van der Waals surface area contributed by atoms with Crippen LogP contribution in [0.2, 0.25) is 0 Å². The Morgan fingerprint density at radius 3 is 2.71 bits per heavy atom. The molecule has 0 aliphatic carbocycles. The van der Waals surface area contributed by atoms with Crippen molar-refractivity contribution in [3.05, 3.63) is 41.2 Å². The van der Waals surface area contributed by atoms with Gasteiger partial charge in [0.25, 0.3) is 5.91 Å². The number of fused-ring (bicyclic) bond motifs is 1. The molecule has 4 rings (SSSR count). The Bertz CT molecular complexity index is 998. The van der Waals surface area contributed by atoms with Crippen LogP contribution in [0.25, 0.3) is 0 Å². The van der Waals surface area contributed by atoms with Gasteiger partial charge in [-0.2, -0.15) is 5.10 Å². The first-order valence-corrected chi connectivity index (χ1v) is 10.2. The van der Waals surface area contributed by atoms with Crippen molar-refractivity contribution in [1.29, 1.82) is 0 Å². The van der Waals surface area contributed by atoms with Crippen molar-refractivity contribution in [3.8, 4) is 11.5 Å². The van der Waals surface area contributed by atoms with Crippen LogP contribution >= 0.6 is 0 Å². The number of aryl methyl sites for hydroxylation is 2. The standard InChI is InChI=1S/C21H25N5O5/c1-13-9-15(24-25(13)2)20(28)22-7-8-23-21(29)16-4-6-19(27)26(16)11-14-3-5-17-18(10-14)31-12-30-17/h3,5,9-10,16H,4,6-8,11-12H2,1-2H3,(H,22,28)(H,23,29). The molecule has 1 atom stereocenters. The van der Waals surface area contributed by atoms with Gasteiger partial charge in [0.2, 0.25) is 18.6 Å². The van der Waals surface area contributed by atoms with Crippen molar-refractivity contribution in [3.63, 3.8) is 0 Å². The average molecular weight is 427 g/mol. The Morgan fingerprint density at radius 2 is 1.94 bits per heavy atom. The Kier molecular flexibility index (Phi) is 5.79. The fourth-order valence-electron chi connectivity index (χ4n) is 3.68. The van der Waals surface area contributed by atoms with Crippen molar-refractivity contribution in [1.82, 2.24) is 25.3 Å². The fraction of sp³-hybridized carbons (Fsp3) is 0.429. The fourth-order valence-corrected chi connectivity index (χ4v) is 3.68. The SMILES string of the molecule is Cc1cc(C(=O)NCCNC(=O)C2CCC(=O)N2Cc2ccc3c(c2)OCO3)nn1C. The minimum atomic E-state index is -0.535. The number of nitrogens with zero attached hydrogens (tertiary/aromatic N) is 3. The van der Waals surface area contributed by atoms with E-state index in [4.69, 9.17) is 9.47 Å². The molecule has 164 valence electrons. The molecular weight excluding hydrogens is 402 g/mol. The molecule has 3 amide bonds. The van der Waals surface area contributed by atoms with Crippen LogP contribution in [0.4, 0.5) is 0 Å². The van der Waals surface area contributed by atoms with Gasteiger partial charge in [-0.25, -0.2) is 0 Å². The summed E-state index contributed by atoms with van der Waals surface area (Å²) in [6.45, 7) is 2.90. The third kappa shape index (κ3) is 4.47. The number of hydrogen-bond acceptors (Lipinski definition) is 6. The molecule has 1 saturated heterocycles. The predicted molar refractivity (Wildman–Crippen MR) is 109 cm³/mol. The van der Waals surface area contributed by atoms with E-state index in [1.807, 2.05) is 19.1 Å². The first kappa shape index (κ1) is 20.7. The molecule has 10 heteroatoms. The zero-order valence-corrected chi connectivity index (χ0v) is 17.5. The second-order valence-electron chi connectivity index (χ2n) is 7.61. The minimum Gasteiger partial charge on any atom is -0.454 e. The lowest BCUT2D eigenvalue weighted by molar-refractivity contribution is -0.135. The summed E-state index contributed by atoms with van der Waals surface area (Å²) in [7, 11) is 1.77. The van der Waals surface area contributed by atoms with E-state index < -0.39 is 6.04 Å². The van der Waals surface area contributed by atoms with Gasteiger partial charge in [0.05, 0.1) is 0 Å². The molecule has 0 spiro atoms. The van der Waals surface area contributed by atoms with Gasteiger partial charge < -0.3 is 25.0 Å². The third-order valence-corrected chi connectivity index (χ3v) is 5.48. The number of hydrogen-bond donors (Lipinski definition) is 2. The van der Waals surface area contributed by atoms with E-state index in [1.54, 1.807) is 28.8 Å². The Morgan fingerprint density at radius 1 is 1.16 bits per heavy atom. The second-order valence-corrected chi connectivity index (χ2v) is 7.61. The summed E-state index contributed by atoms with van der Waals surface area (Å²) < 4.78 is 12.3. The number of ether oxygens (including phenoxy) is 2. The van der Waals surface area contributed by atoms with E-state index in [0.717, 1.165) is 11.3 Å². The Labute approximate surface area is 179 Å². The average Bonchev–Trinajstić information content (AvgIpc) is 3.45. The number of aromatic nitrogens is 2. The monoisotopic (exact) mass is 427 g/mol. The van der Waals surface area contributed by atoms with E-state index in [0.29, 0.717) is 36.6 Å². The summed E-state index contributed by atoms with van der Waals surface area (Å²) in [5.74, 6) is 0.738. The van der Waals surface area contributed by atoms with Gasteiger partial charge in [0.15, 0.2) is 11.5 Å². The maximum absolute atomic E-state index is 12.7. The van der Waals surface area contributed by atoms with Crippen molar-refractivity contribution >= 4 is 17.7 Å². The van der Waals surface area contributed by atoms with Crippen LogP contribution in [0.3, 0.4) is 0 Å². The van der Waals surface area contributed by atoms with E-state index in [9.17, 15) is 14.4 Å². The van der Waals surface area contributed by atoms with Gasteiger partial charge in [0, 0.05) is 38.8 Å². The Hall–Kier alpha value is -3.56. The molecule has 2 aliphatic heterocycles. The predicted octanol–water partition coefficient (Wildman–Crippen LogP) is 0.494. The molecule has 0 radical (unpaired) electrons. The Balaban J connectivity index is 1.28. The van der Waals surface area contributed by atoms with Crippen LogP contribution < -0.4 is 20.1 Å². The van der Waals surface area contributed by atoms with Gasteiger partial charge in [-0.05, 0) is 37.1 Å². The second kappa shape index (κ2) is 8.66. The highest BCUT2D eigenvalue weighted by Crippen LogP contribution is 2.33. The van der Waals surface area contributed by atoms with Gasteiger partial charge >= 0.3 is 0 Å². The molecule has 31 heavy (non-hydrogen) atoms. The zero-order chi connectivity index (χ0) is 22.0. The van der Waals surface area contributed by atoms with Crippen LogP contribution in [0, 0.1) is 6.92 Å². The summed E-state index contributed by atoms with van der Waals surface area (Å²) in [6.07, 6.45) is 0.799. The van der Waals surface area contributed by atoms with Gasteiger partial charge in [0.1, 0.15) is 11.7 Å². The van der Waals surface area contributed by atoms with Gasteiger partial charge in [-0.1, -0.05) is 6.07 Å². The summed E-state index contributed by atoms with van der Waals surface area (Å²) in [5, 5.41) is 9.66. The van der Waals surface area contributed by atoms with Crippen molar-refractivity contribution in [2.24, 2.45) is 7.05 Å². The first-order valence-electron chi connectivity index (χ1n) is 10.2. The molecule has 0 saturated carbocycles. The molecule has 1 fully saturated rings. The van der Waals surface area contributed by atoms with E-state index in [2.05, 4.69) is 15.7 Å². The summed E-state index contributed by atoms with van der Waals surface area (Å²) in [6, 6.07) is 6.67. The lowest BCUT2D eigenvalue weighted by Gasteiger charge is -2.24. The van der Waals surface area contributed by atoms with Crippen LogP contribution in [-0.2, 0) is 23.2 Å². The van der Waals surface area contributed by atoms with Crippen molar-refractivity contribution < 1.29 is 23.9 Å². The molecule has 3 heterocycles. The van der Waals surface area contributed by atoms with Crippen LogP contribution in [0.15, 0.2) is 24.3 Å². The number of rotatable bonds is 7. The quantitative estimate of drug-likeness (QED) is 0.622. The molecule has 2 aromatic rings. The number of benzene rings is 1. The topological polar surface area (TPSA) is 115 Å². The summed E-state index contributed by atoms with van der Waals surface area (Å²) >= 11 is 0. The van der Waals surface area contributed by atoms with Crippen LogP contribution in [0.1, 0.15) is 34.6 Å². The molecule has 1 aromatic carbocycles. The summed E-state index contributed by atoms with van der Waals surface area (Å²) in [4.78, 5) is 38.7. The molecule has 1 aromatic heterocycles. The molecule has 2 aliphatic rings. The minimum absolute atomic E-state index is 0.0587. The summed E-state index contributed by atoms with van der Waals surface area (Å²) in [5.41, 5.74) is 2.09. The van der Waals surface area contributed by atoms with E-state index >= 15 is 0 Å². The highest BCUT2D eigenvalue weighted by atomic mass is 16.7. The molecule has 1 unspecified atom stereocenters. The molecule has 0 bridgehead atoms. The first-order chi connectivity index (χ1) is 14.9. The number of carbonyl (C=O) groups excluding carboxylic acids is 3. The molecule has 2 N–H and O–H groups in total. The maximum Gasteiger partial charge on any atom is 0.271 e. The lowest BCUT2D eigenvalue weighted by Crippen LogP contribution is -2.46. The highest BCUT2D eigenvalue weighted by molar-refractivity contribution is 5.92. The molecule has 10 nitrogen and oxygen atoms in total. The highest BCUT2D eigenvalue weighted by Gasteiger charge is 2.36. The number of nitrogens with one attached hydrogen (secondary N) is 2. The number of amides is 3. The number of likely N-dealkylation sites (tertiary alicyclic amines) is 1. The van der Waals surface area contributed by atoms with Gasteiger partial charge in [-0.15, -0.1) is 0 Å². The van der Waals surface area contributed by atoms with Crippen molar-refractivity contribution in [2.45, 2.75) is 32.4 Å².